The number of hydrogen-bond donors (Lipinski definition) is 4. The Balaban J connectivity index is 1.53. The SMILES string of the molecule is COc1ccc(CCNC(=O)c2nc(N[C@H]3CCCC[C@H]3N=C(N)N)c3cc(C)ccc3n2)cc1. The summed E-state index contributed by atoms with van der Waals surface area (Å²) in [6, 6.07) is 13.7. The van der Waals surface area contributed by atoms with Crippen LogP contribution in [0.2, 0.25) is 0 Å². The van der Waals surface area contributed by atoms with E-state index in [-0.39, 0.29) is 29.8 Å². The summed E-state index contributed by atoms with van der Waals surface area (Å²) in [5, 5.41) is 7.34. The number of rotatable bonds is 8. The van der Waals surface area contributed by atoms with E-state index in [4.69, 9.17) is 16.2 Å². The highest BCUT2D eigenvalue weighted by Gasteiger charge is 2.26. The van der Waals surface area contributed by atoms with Crippen LogP contribution in [0.1, 0.15) is 47.4 Å². The topological polar surface area (TPSA) is 141 Å². The van der Waals surface area contributed by atoms with Crippen molar-refractivity contribution in [2.75, 3.05) is 19.0 Å². The minimum atomic E-state index is -0.312. The van der Waals surface area contributed by atoms with Crippen molar-refractivity contribution in [1.82, 2.24) is 15.3 Å². The molecule has 4 rings (SSSR count). The molecule has 6 N–H and O–H groups in total. The smallest absolute Gasteiger partial charge is 0.289 e. The van der Waals surface area contributed by atoms with Gasteiger partial charge in [-0.25, -0.2) is 15.0 Å². The Labute approximate surface area is 205 Å². The number of hydrogen-bond acceptors (Lipinski definition) is 6. The molecule has 0 saturated heterocycles. The lowest BCUT2D eigenvalue weighted by atomic mass is 9.90. The molecular formula is C26H33N7O2. The van der Waals surface area contributed by atoms with Crippen LogP contribution in [0.3, 0.4) is 0 Å². The number of aromatic nitrogens is 2. The zero-order valence-electron chi connectivity index (χ0n) is 20.3. The number of ether oxygens (including phenoxy) is 1. The van der Waals surface area contributed by atoms with Gasteiger partial charge >= 0.3 is 0 Å². The summed E-state index contributed by atoms with van der Waals surface area (Å²) in [5.41, 5.74) is 14.2. The van der Waals surface area contributed by atoms with Gasteiger partial charge < -0.3 is 26.8 Å². The van der Waals surface area contributed by atoms with E-state index in [2.05, 4.69) is 25.6 Å². The first-order valence-corrected chi connectivity index (χ1v) is 12.0. The Morgan fingerprint density at radius 1 is 1.11 bits per heavy atom. The number of carbonyl (C=O) groups excluding carboxylic acids is 1. The van der Waals surface area contributed by atoms with E-state index in [1.807, 2.05) is 49.4 Å². The lowest BCUT2D eigenvalue weighted by Crippen LogP contribution is -2.38. The maximum Gasteiger partial charge on any atom is 0.289 e. The number of aliphatic imine (C=N–C) groups is 1. The second kappa shape index (κ2) is 11.0. The molecule has 1 heterocycles. The zero-order valence-corrected chi connectivity index (χ0v) is 20.3. The van der Waals surface area contributed by atoms with Gasteiger partial charge in [0.2, 0.25) is 5.82 Å². The molecular weight excluding hydrogens is 442 g/mol. The highest BCUT2D eigenvalue weighted by atomic mass is 16.5. The molecule has 0 spiro atoms. The van der Waals surface area contributed by atoms with Crippen molar-refractivity contribution < 1.29 is 9.53 Å². The molecule has 0 unspecified atom stereocenters. The van der Waals surface area contributed by atoms with Gasteiger partial charge in [0.15, 0.2) is 5.96 Å². The molecule has 1 amide bonds. The molecule has 0 aliphatic heterocycles. The number of nitrogens with two attached hydrogens (primary N) is 2. The lowest BCUT2D eigenvalue weighted by Gasteiger charge is -2.30. The van der Waals surface area contributed by atoms with Crippen molar-refractivity contribution in [1.29, 1.82) is 0 Å². The van der Waals surface area contributed by atoms with Crippen LogP contribution in [0.15, 0.2) is 47.5 Å². The Morgan fingerprint density at radius 3 is 2.63 bits per heavy atom. The standard InChI is InChI=1S/C26H33N7O2/c1-16-7-12-20-19(15-16)23(31-21-5-3-4-6-22(21)32-26(27)28)33-24(30-20)25(34)29-14-13-17-8-10-18(35-2)11-9-17/h7-12,15,21-22H,3-6,13-14H2,1-2H3,(H,29,34)(H4,27,28,32)(H,30,31,33)/t21-,22+/m0/s1. The highest BCUT2D eigenvalue weighted by molar-refractivity contribution is 5.96. The number of amides is 1. The van der Waals surface area contributed by atoms with Crippen LogP contribution in [0.4, 0.5) is 5.82 Å². The van der Waals surface area contributed by atoms with Crippen molar-refractivity contribution >= 4 is 28.6 Å². The molecule has 0 bridgehead atoms. The van der Waals surface area contributed by atoms with E-state index in [1.54, 1.807) is 7.11 Å². The van der Waals surface area contributed by atoms with Crippen LogP contribution in [0.25, 0.3) is 10.9 Å². The number of fused-ring (bicyclic) bond motifs is 1. The first-order chi connectivity index (χ1) is 16.9. The number of nitrogens with one attached hydrogen (secondary N) is 2. The summed E-state index contributed by atoms with van der Waals surface area (Å²) < 4.78 is 5.19. The van der Waals surface area contributed by atoms with E-state index in [1.165, 1.54) is 0 Å². The fourth-order valence-electron chi connectivity index (χ4n) is 4.45. The number of guanidine groups is 1. The summed E-state index contributed by atoms with van der Waals surface area (Å²) >= 11 is 0. The second-order valence-electron chi connectivity index (χ2n) is 8.93. The Bertz CT molecular complexity index is 1210. The molecule has 1 aliphatic rings. The van der Waals surface area contributed by atoms with Crippen LogP contribution in [-0.4, -0.2) is 47.6 Å². The van der Waals surface area contributed by atoms with Gasteiger partial charge in [-0.2, -0.15) is 0 Å². The summed E-state index contributed by atoms with van der Waals surface area (Å²) in [6.45, 7) is 2.49. The highest BCUT2D eigenvalue weighted by Crippen LogP contribution is 2.28. The van der Waals surface area contributed by atoms with Gasteiger partial charge in [0.1, 0.15) is 11.6 Å². The molecule has 9 heteroatoms. The molecule has 9 nitrogen and oxygen atoms in total. The van der Waals surface area contributed by atoms with Crippen molar-refractivity contribution in [2.45, 2.75) is 51.1 Å². The number of nitrogens with zero attached hydrogens (tertiary/aromatic N) is 3. The number of carbonyl (C=O) groups is 1. The average molecular weight is 476 g/mol. The fraction of sp³-hybridized carbons (Fsp3) is 0.385. The summed E-state index contributed by atoms with van der Waals surface area (Å²) in [6.07, 6.45) is 4.66. The summed E-state index contributed by atoms with van der Waals surface area (Å²) in [5.74, 6) is 1.34. The van der Waals surface area contributed by atoms with Crippen LogP contribution in [-0.2, 0) is 6.42 Å². The molecule has 3 aromatic rings. The predicted molar refractivity (Wildman–Crippen MR) is 139 cm³/mol. The number of aryl methyl sites for hydroxylation is 1. The molecule has 35 heavy (non-hydrogen) atoms. The van der Waals surface area contributed by atoms with E-state index in [9.17, 15) is 4.79 Å². The van der Waals surface area contributed by atoms with Crippen molar-refractivity contribution in [2.24, 2.45) is 16.5 Å². The van der Waals surface area contributed by atoms with Gasteiger partial charge in [-0.1, -0.05) is 36.6 Å². The van der Waals surface area contributed by atoms with Gasteiger partial charge in [-0.3, -0.25) is 4.79 Å². The minimum absolute atomic E-state index is 0.0236. The quantitative estimate of drug-likeness (QED) is 0.290. The van der Waals surface area contributed by atoms with Gasteiger partial charge in [-0.15, -0.1) is 0 Å². The molecule has 2 aromatic carbocycles. The van der Waals surface area contributed by atoms with E-state index in [0.717, 1.165) is 47.9 Å². The lowest BCUT2D eigenvalue weighted by molar-refractivity contribution is 0.0944. The average Bonchev–Trinajstić information content (AvgIpc) is 2.85. The first kappa shape index (κ1) is 24.3. The molecule has 1 aromatic heterocycles. The Hall–Kier alpha value is -3.88. The summed E-state index contributed by atoms with van der Waals surface area (Å²) in [4.78, 5) is 26.6. The van der Waals surface area contributed by atoms with Gasteiger partial charge in [0, 0.05) is 11.9 Å². The van der Waals surface area contributed by atoms with Crippen LogP contribution >= 0.6 is 0 Å². The minimum Gasteiger partial charge on any atom is -0.497 e. The summed E-state index contributed by atoms with van der Waals surface area (Å²) in [7, 11) is 1.64. The maximum atomic E-state index is 13.0. The zero-order chi connectivity index (χ0) is 24.8. The number of benzene rings is 2. The first-order valence-electron chi connectivity index (χ1n) is 12.0. The molecule has 184 valence electrons. The maximum absolute atomic E-state index is 13.0. The number of methoxy groups -OCH3 is 1. The Morgan fingerprint density at radius 2 is 1.89 bits per heavy atom. The normalized spacial score (nSPS) is 17.5. The Kier molecular flexibility index (Phi) is 7.64. The third-order valence-corrected chi connectivity index (χ3v) is 6.28. The monoisotopic (exact) mass is 475 g/mol. The van der Waals surface area contributed by atoms with Crippen LogP contribution < -0.4 is 26.8 Å². The number of anilines is 1. The van der Waals surface area contributed by atoms with Gasteiger partial charge in [0.25, 0.3) is 5.91 Å². The predicted octanol–water partition coefficient (Wildman–Crippen LogP) is 2.92. The van der Waals surface area contributed by atoms with Crippen molar-refractivity contribution in [3.63, 3.8) is 0 Å². The van der Waals surface area contributed by atoms with Gasteiger partial charge in [0.05, 0.1) is 24.7 Å². The molecule has 0 radical (unpaired) electrons. The molecule has 1 fully saturated rings. The van der Waals surface area contributed by atoms with E-state index < -0.39 is 0 Å². The van der Waals surface area contributed by atoms with Gasteiger partial charge in [-0.05, 0) is 56.0 Å². The van der Waals surface area contributed by atoms with Crippen LogP contribution in [0.5, 0.6) is 5.75 Å². The van der Waals surface area contributed by atoms with E-state index in [0.29, 0.717) is 24.3 Å². The van der Waals surface area contributed by atoms with E-state index >= 15 is 0 Å². The molecule has 1 saturated carbocycles. The van der Waals surface area contributed by atoms with Crippen LogP contribution in [0, 0.1) is 6.92 Å². The molecule has 1 aliphatic carbocycles. The largest absolute Gasteiger partial charge is 0.497 e. The fourth-order valence-corrected chi connectivity index (χ4v) is 4.45. The molecule has 2 atom stereocenters. The van der Waals surface area contributed by atoms with Crippen molar-refractivity contribution in [3.05, 3.63) is 59.4 Å². The third kappa shape index (κ3) is 6.17. The third-order valence-electron chi connectivity index (χ3n) is 6.28. The second-order valence-corrected chi connectivity index (χ2v) is 8.93. The van der Waals surface area contributed by atoms with Crippen molar-refractivity contribution in [3.8, 4) is 5.75 Å².